The highest BCUT2D eigenvalue weighted by Crippen LogP contribution is 2.32. The van der Waals surface area contributed by atoms with Gasteiger partial charge in [0.2, 0.25) is 0 Å². The Labute approximate surface area is 235 Å². The summed E-state index contributed by atoms with van der Waals surface area (Å²) in [5, 5.41) is 5.18. The number of hydrogen-bond donors (Lipinski definition) is 1. The molecule has 196 valence electrons. The quantitative estimate of drug-likeness (QED) is 0.179. The van der Waals surface area contributed by atoms with Crippen LogP contribution < -0.4 is 9.73 Å². The van der Waals surface area contributed by atoms with Crippen LogP contribution >= 0.6 is 34.8 Å². The number of carbonyl (C=O) groups is 1. The Balaban J connectivity index is 1.54. The fourth-order valence-corrected chi connectivity index (χ4v) is 5.72. The zero-order chi connectivity index (χ0) is 27.4. The first kappa shape index (κ1) is 27.7. The number of carbonyl (C=O) groups excluding carboxylic acids is 1. The molecule has 0 radical (unpaired) electrons. The Morgan fingerprint density at radius 1 is 0.947 bits per heavy atom. The molecule has 4 aromatic rings. The van der Waals surface area contributed by atoms with Crippen LogP contribution in [0.25, 0.3) is 11.3 Å². The third-order valence-corrected chi connectivity index (χ3v) is 8.10. The predicted molar refractivity (Wildman–Crippen MR) is 152 cm³/mol. The normalized spacial score (nSPS) is 11.6. The number of anilines is 1. The summed E-state index contributed by atoms with van der Waals surface area (Å²) in [6.07, 6.45) is 1.30. The van der Waals surface area contributed by atoms with E-state index in [1.165, 1.54) is 24.4 Å². The van der Waals surface area contributed by atoms with Gasteiger partial charge in [0.1, 0.15) is 18.1 Å². The molecular formula is C27H22Cl3N3O4S. The standard InChI is InChI=1S/C27H22Cl3N3O4S/c1-17-3-9-22(10-4-17)38(35,36)33(25-14-20(29)6-5-18(25)2)16-27(34)32-31-15-21-8-12-26(37-21)23-11-7-19(28)13-24(23)30/h3-15H,16H2,1-2H3,(H,32,34)/b31-15-. The highest BCUT2D eigenvalue weighted by Gasteiger charge is 2.28. The first-order valence-electron chi connectivity index (χ1n) is 11.3. The molecule has 1 amide bonds. The van der Waals surface area contributed by atoms with Gasteiger partial charge >= 0.3 is 0 Å². The van der Waals surface area contributed by atoms with Gasteiger partial charge in [-0.2, -0.15) is 5.10 Å². The van der Waals surface area contributed by atoms with Crippen LogP contribution in [0.2, 0.25) is 15.1 Å². The molecule has 0 spiro atoms. The minimum Gasteiger partial charge on any atom is -0.455 e. The zero-order valence-corrected chi connectivity index (χ0v) is 23.4. The SMILES string of the molecule is Cc1ccc(S(=O)(=O)N(CC(=O)N/N=C\c2ccc(-c3ccc(Cl)cc3Cl)o2)c2cc(Cl)ccc2C)cc1. The molecule has 7 nitrogen and oxygen atoms in total. The first-order chi connectivity index (χ1) is 18.0. The van der Waals surface area contributed by atoms with Crippen molar-refractivity contribution in [3.8, 4) is 11.3 Å². The van der Waals surface area contributed by atoms with Crippen molar-refractivity contribution < 1.29 is 17.6 Å². The van der Waals surface area contributed by atoms with Gasteiger partial charge in [0.15, 0.2) is 0 Å². The molecule has 0 aliphatic carbocycles. The average Bonchev–Trinajstić information content (AvgIpc) is 3.33. The molecule has 0 saturated heterocycles. The molecule has 0 aliphatic rings. The van der Waals surface area contributed by atoms with E-state index in [9.17, 15) is 13.2 Å². The van der Waals surface area contributed by atoms with E-state index in [0.717, 1.165) is 9.87 Å². The number of rotatable bonds is 8. The van der Waals surface area contributed by atoms with Crippen molar-refractivity contribution in [2.45, 2.75) is 18.7 Å². The van der Waals surface area contributed by atoms with Gasteiger partial charge in [0, 0.05) is 15.6 Å². The van der Waals surface area contributed by atoms with Crippen molar-refractivity contribution in [2.75, 3.05) is 10.8 Å². The van der Waals surface area contributed by atoms with Crippen LogP contribution in [0.4, 0.5) is 5.69 Å². The molecule has 38 heavy (non-hydrogen) atoms. The van der Waals surface area contributed by atoms with Crippen LogP contribution in [0.1, 0.15) is 16.9 Å². The van der Waals surface area contributed by atoms with Crippen LogP contribution in [0.5, 0.6) is 0 Å². The Kier molecular flexibility index (Phi) is 8.47. The third-order valence-electron chi connectivity index (χ3n) is 5.54. The maximum Gasteiger partial charge on any atom is 0.264 e. The minimum atomic E-state index is -4.10. The highest BCUT2D eigenvalue weighted by molar-refractivity contribution is 7.92. The highest BCUT2D eigenvalue weighted by atomic mass is 35.5. The molecule has 0 aliphatic heterocycles. The molecule has 0 saturated carbocycles. The Morgan fingerprint density at radius 2 is 1.63 bits per heavy atom. The van der Waals surface area contributed by atoms with Crippen molar-refractivity contribution in [1.29, 1.82) is 0 Å². The summed E-state index contributed by atoms with van der Waals surface area (Å²) < 4.78 is 33.8. The number of sulfonamides is 1. The van der Waals surface area contributed by atoms with E-state index in [2.05, 4.69) is 10.5 Å². The van der Waals surface area contributed by atoms with Gasteiger partial charge in [-0.15, -0.1) is 0 Å². The van der Waals surface area contributed by atoms with Gasteiger partial charge in [-0.1, -0.05) is 58.6 Å². The zero-order valence-electron chi connectivity index (χ0n) is 20.3. The summed E-state index contributed by atoms with van der Waals surface area (Å²) in [4.78, 5) is 12.9. The summed E-state index contributed by atoms with van der Waals surface area (Å²) >= 11 is 18.3. The van der Waals surface area contributed by atoms with Crippen LogP contribution in [0.3, 0.4) is 0 Å². The third kappa shape index (κ3) is 6.39. The maximum absolute atomic E-state index is 13.6. The number of amides is 1. The summed E-state index contributed by atoms with van der Waals surface area (Å²) in [6.45, 7) is 3.06. The van der Waals surface area contributed by atoms with E-state index in [-0.39, 0.29) is 10.6 Å². The lowest BCUT2D eigenvalue weighted by molar-refractivity contribution is -0.119. The van der Waals surface area contributed by atoms with E-state index in [0.29, 0.717) is 37.7 Å². The lowest BCUT2D eigenvalue weighted by atomic mass is 10.2. The number of hydrogen-bond acceptors (Lipinski definition) is 5. The van der Waals surface area contributed by atoms with E-state index in [4.69, 9.17) is 39.2 Å². The van der Waals surface area contributed by atoms with E-state index >= 15 is 0 Å². The first-order valence-corrected chi connectivity index (χ1v) is 13.8. The smallest absolute Gasteiger partial charge is 0.264 e. The lowest BCUT2D eigenvalue weighted by Gasteiger charge is -2.25. The molecule has 4 rings (SSSR count). The molecule has 11 heteroatoms. The van der Waals surface area contributed by atoms with Gasteiger partial charge in [-0.25, -0.2) is 13.8 Å². The predicted octanol–water partition coefficient (Wildman–Crippen LogP) is 6.87. The number of furan rings is 1. The second-order valence-electron chi connectivity index (χ2n) is 8.37. The van der Waals surface area contributed by atoms with Crippen LogP contribution in [-0.2, 0) is 14.8 Å². The summed E-state index contributed by atoms with van der Waals surface area (Å²) in [7, 11) is -4.10. The second-order valence-corrected chi connectivity index (χ2v) is 11.5. The average molecular weight is 591 g/mol. The molecular weight excluding hydrogens is 569 g/mol. The van der Waals surface area contributed by atoms with Crippen molar-refractivity contribution >= 4 is 62.6 Å². The number of nitrogens with zero attached hydrogens (tertiary/aromatic N) is 2. The molecule has 1 N–H and O–H groups in total. The lowest BCUT2D eigenvalue weighted by Crippen LogP contribution is -2.40. The largest absolute Gasteiger partial charge is 0.455 e. The Morgan fingerprint density at radius 3 is 2.34 bits per heavy atom. The Hall–Kier alpha value is -3.30. The van der Waals surface area contributed by atoms with Gasteiger partial charge < -0.3 is 4.42 Å². The van der Waals surface area contributed by atoms with Crippen molar-refractivity contribution in [2.24, 2.45) is 5.10 Å². The maximum atomic E-state index is 13.6. The van der Waals surface area contributed by atoms with Gasteiger partial charge in [0.05, 0.1) is 21.8 Å². The van der Waals surface area contributed by atoms with Crippen LogP contribution in [0, 0.1) is 13.8 Å². The number of nitrogens with one attached hydrogen (secondary N) is 1. The van der Waals surface area contributed by atoms with Crippen molar-refractivity contribution in [3.05, 3.63) is 105 Å². The van der Waals surface area contributed by atoms with Crippen molar-refractivity contribution in [1.82, 2.24) is 5.43 Å². The Bertz CT molecular complexity index is 1620. The number of benzene rings is 3. The molecule has 1 aromatic heterocycles. The second kappa shape index (κ2) is 11.6. The van der Waals surface area contributed by atoms with Gasteiger partial charge in [-0.05, 0) is 74.0 Å². The van der Waals surface area contributed by atoms with E-state index in [1.54, 1.807) is 61.5 Å². The molecule has 0 unspecified atom stereocenters. The van der Waals surface area contributed by atoms with Gasteiger partial charge in [0.25, 0.3) is 15.9 Å². The fourth-order valence-electron chi connectivity index (χ4n) is 3.58. The van der Waals surface area contributed by atoms with Gasteiger partial charge in [-0.3, -0.25) is 9.10 Å². The number of hydrazone groups is 1. The summed E-state index contributed by atoms with van der Waals surface area (Å²) in [5.41, 5.74) is 4.82. The van der Waals surface area contributed by atoms with Crippen LogP contribution in [0.15, 0.2) is 87.2 Å². The monoisotopic (exact) mass is 589 g/mol. The number of aryl methyl sites for hydroxylation is 2. The molecule has 1 heterocycles. The fraction of sp³-hybridized carbons (Fsp3) is 0.111. The molecule has 0 fully saturated rings. The summed E-state index contributed by atoms with van der Waals surface area (Å²) in [6, 6.07) is 19.6. The minimum absolute atomic E-state index is 0.0442. The van der Waals surface area contributed by atoms with E-state index < -0.39 is 22.5 Å². The van der Waals surface area contributed by atoms with Crippen molar-refractivity contribution in [3.63, 3.8) is 0 Å². The summed E-state index contributed by atoms with van der Waals surface area (Å²) in [5.74, 6) is 0.177. The van der Waals surface area contributed by atoms with E-state index in [1.807, 2.05) is 6.92 Å². The molecule has 3 aromatic carbocycles. The topological polar surface area (TPSA) is 92.0 Å². The number of halogens is 3. The van der Waals surface area contributed by atoms with Crippen LogP contribution in [-0.4, -0.2) is 27.1 Å². The molecule has 0 atom stereocenters. The molecule has 0 bridgehead atoms.